The Labute approximate surface area is 156 Å². The molecule has 3 aromatic rings. The Morgan fingerprint density at radius 1 is 1.38 bits per heavy atom. The number of carbonyl (C=O) groups excluding carboxylic acids is 1. The number of piperidine rings is 1. The molecule has 26 heavy (non-hydrogen) atoms. The maximum atomic E-state index is 12.2. The van der Waals surface area contributed by atoms with Crippen LogP contribution in [0.1, 0.15) is 18.4 Å². The third-order valence-corrected chi connectivity index (χ3v) is 5.57. The Morgan fingerprint density at radius 2 is 2.27 bits per heavy atom. The molecular weight excluding hydrogens is 346 g/mol. The van der Waals surface area contributed by atoms with Crippen molar-refractivity contribution in [1.82, 2.24) is 20.1 Å². The van der Waals surface area contributed by atoms with Crippen molar-refractivity contribution in [2.24, 2.45) is 7.05 Å². The van der Waals surface area contributed by atoms with E-state index < -0.39 is 0 Å². The minimum atomic E-state index is -0.0648. The molecule has 1 N–H and O–H groups in total. The predicted octanol–water partition coefficient (Wildman–Crippen LogP) is 2.83. The number of fused-ring (bicyclic) bond motifs is 1. The molecule has 134 valence electrons. The van der Waals surface area contributed by atoms with Gasteiger partial charge >= 0.3 is 0 Å². The number of amides is 1. The van der Waals surface area contributed by atoms with Gasteiger partial charge in [0.25, 0.3) is 0 Å². The normalized spacial score (nSPS) is 17.9. The molecule has 1 aromatic carbocycles. The molecule has 0 radical (unpaired) electrons. The van der Waals surface area contributed by atoms with Crippen LogP contribution in [-0.2, 0) is 11.8 Å². The van der Waals surface area contributed by atoms with Crippen molar-refractivity contribution in [2.45, 2.75) is 18.9 Å². The van der Waals surface area contributed by atoms with Crippen molar-refractivity contribution >= 4 is 38.7 Å². The van der Waals surface area contributed by atoms with E-state index in [2.05, 4.69) is 21.4 Å². The van der Waals surface area contributed by atoms with E-state index in [9.17, 15) is 4.79 Å². The number of nitrogens with one attached hydrogen (secondary N) is 1. The molecule has 2 aromatic heterocycles. The number of hydrogen-bond donors (Lipinski definition) is 1. The van der Waals surface area contributed by atoms with Crippen LogP contribution in [-0.4, -0.2) is 39.8 Å². The number of aromatic nitrogens is 3. The lowest BCUT2D eigenvalue weighted by atomic mass is 10.1. The third-order valence-electron chi connectivity index (χ3n) is 4.47. The topological polar surface area (TPSA) is 63.1 Å². The molecule has 7 heteroatoms. The van der Waals surface area contributed by atoms with E-state index in [1.807, 2.05) is 31.4 Å². The minimum absolute atomic E-state index is 0.0648. The second kappa shape index (κ2) is 7.29. The van der Waals surface area contributed by atoms with Gasteiger partial charge in [-0.25, -0.2) is 4.98 Å². The van der Waals surface area contributed by atoms with Crippen LogP contribution in [0.2, 0.25) is 0 Å². The van der Waals surface area contributed by atoms with Gasteiger partial charge in [-0.2, -0.15) is 5.10 Å². The molecule has 4 rings (SSSR count). The van der Waals surface area contributed by atoms with Crippen LogP contribution in [0.3, 0.4) is 0 Å². The minimum Gasteiger partial charge on any atom is -0.348 e. The van der Waals surface area contributed by atoms with Crippen molar-refractivity contribution in [2.75, 3.05) is 18.0 Å². The zero-order valence-corrected chi connectivity index (χ0v) is 15.4. The summed E-state index contributed by atoms with van der Waals surface area (Å²) in [6.45, 7) is 1.78. The molecule has 0 aliphatic carbocycles. The Bertz CT molecular complexity index is 911. The predicted molar refractivity (Wildman–Crippen MR) is 105 cm³/mol. The molecule has 1 saturated heterocycles. The summed E-state index contributed by atoms with van der Waals surface area (Å²) in [5, 5.41) is 8.24. The highest BCUT2D eigenvalue weighted by Gasteiger charge is 2.23. The van der Waals surface area contributed by atoms with Gasteiger partial charge in [0.05, 0.1) is 16.4 Å². The Balaban J connectivity index is 1.38. The number of carbonyl (C=O) groups is 1. The fourth-order valence-electron chi connectivity index (χ4n) is 3.21. The van der Waals surface area contributed by atoms with E-state index in [1.165, 1.54) is 4.70 Å². The van der Waals surface area contributed by atoms with E-state index in [4.69, 9.17) is 4.98 Å². The van der Waals surface area contributed by atoms with Crippen molar-refractivity contribution in [3.05, 3.63) is 48.3 Å². The summed E-state index contributed by atoms with van der Waals surface area (Å²) >= 11 is 1.71. The van der Waals surface area contributed by atoms with Crippen LogP contribution >= 0.6 is 11.3 Å². The van der Waals surface area contributed by atoms with E-state index in [-0.39, 0.29) is 11.9 Å². The molecule has 0 saturated carbocycles. The third kappa shape index (κ3) is 3.77. The number of thiazole rings is 1. The van der Waals surface area contributed by atoms with Crippen molar-refractivity contribution in [3.8, 4) is 0 Å². The highest BCUT2D eigenvalue weighted by molar-refractivity contribution is 7.22. The van der Waals surface area contributed by atoms with Crippen LogP contribution < -0.4 is 10.2 Å². The summed E-state index contributed by atoms with van der Waals surface area (Å²) in [7, 11) is 1.86. The van der Waals surface area contributed by atoms with Gasteiger partial charge in [0.2, 0.25) is 5.91 Å². The summed E-state index contributed by atoms with van der Waals surface area (Å²) in [6.07, 6.45) is 9.02. The van der Waals surface area contributed by atoms with Crippen molar-refractivity contribution in [3.63, 3.8) is 0 Å². The van der Waals surface area contributed by atoms with Crippen molar-refractivity contribution in [1.29, 1.82) is 0 Å². The molecule has 0 bridgehead atoms. The lowest BCUT2D eigenvalue weighted by molar-refractivity contribution is -0.117. The fraction of sp³-hybridized carbons (Fsp3) is 0.316. The molecule has 0 unspecified atom stereocenters. The summed E-state index contributed by atoms with van der Waals surface area (Å²) in [5.41, 5.74) is 1.96. The second-order valence-corrected chi connectivity index (χ2v) is 7.55. The van der Waals surface area contributed by atoms with Gasteiger partial charge in [-0.05, 0) is 31.1 Å². The van der Waals surface area contributed by atoms with E-state index in [1.54, 1.807) is 34.4 Å². The van der Waals surface area contributed by atoms with Gasteiger partial charge in [0.15, 0.2) is 5.13 Å². The number of anilines is 1. The summed E-state index contributed by atoms with van der Waals surface area (Å²) in [6, 6.07) is 8.34. The van der Waals surface area contributed by atoms with E-state index >= 15 is 0 Å². The molecule has 1 amide bonds. The van der Waals surface area contributed by atoms with Crippen LogP contribution in [0.5, 0.6) is 0 Å². The first-order chi connectivity index (χ1) is 12.7. The average Bonchev–Trinajstić information content (AvgIpc) is 3.26. The zero-order chi connectivity index (χ0) is 17.9. The summed E-state index contributed by atoms with van der Waals surface area (Å²) in [5.74, 6) is -0.0648. The number of nitrogens with zero attached hydrogens (tertiary/aromatic N) is 4. The average molecular weight is 367 g/mol. The molecule has 1 fully saturated rings. The number of benzene rings is 1. The first kappa shape index (κ1) is 16.8. The standard InChI is InChI=1S/C19H21N5OS/c1-23-12-14(11-20-23)8-9-18(25)21-15-5-4-10-24(13-15)19-22-16-6-2-3-7-17(16)26-19/h2-3,6-9,11-12,15H,4-5,10,13H2,1H3,(H,21,25)/b9-8+/t15-/m0/s1. The molecule has 6 nitrogen and oxygen atoms in total. The highest BCUT2D eigenvalue weighted by atomic mass is 32.1. The SMILES string of the molecule is Cn1cc(/C=C/C(=O)N[C@H]2CCCN(c3nc4ccccc4s3)C2)cn1. The van der Waals surface area contributed by atoms with Gasteiger partial charge in [0.1, 0.15) is 0 Å². The number of rotatable bonds is 4. The van der Waals surface area contributed by atoms with Crippen LogP contribution in [0, 0.1) is 0 Å². The van der Waals surface area contributed by atoms with Crippen LogP contribution in [0.15, 0.2) is 42.7 Å². The zero-order valence-electron chi connectivity index (χ0n) is 14.6. The molecule has 1 aliphatic heterocycles. The van der Waals surface area contributed by atoms with Crippen LogP contribution in [0.25, 0.3) is 16.3 Å². The van der Waals surface area contributed by atoms with Crippen LogP contribution in [0.4, 0.5) is 5.13 Å². The first-order valence-corrected chi connectivity index (χ1v) is 9.57. The summed E-state index contributed by atoms with van der Waals surface area (Å²) in [4.78, 5) is 19.2. The number of aryl methyl sites for hydroxylation is 1. The highest BCUT2D eigenvalue weighted by Crippen LogP contribution is 2.30. The molecule has 0 spiro atoms. The van der Waals surface area contributed by atoms with E-state index in [0.717, 1.165) is 42.1 Å². The smallest absolute Gasteiger partial charge is 0.244 e. The monoisotopic (exact) mass is 367 g/mol. The lowest BCUT2D eigenvalue weighted by Crippen LogP contribution is -2.47. The quantitative estimate of drug-likeness (QED) is 0.720. The Morgan fingerprint density at radius 3 is 3.08 bits per heavy atom. The van der Waals surface area contributed by atoms with Gasteiger partial charge < -0.3 is 10.2 Å². The van der Waals surface area contributed by atoms with Gasteiger partial charge in [-0.3, -0.25) is 9.48 Å². The second-order valence-electron chi connectivity index (χ2n) is 6.54. The maximum absolute atomic E-state index is 12.2. The Kier molecular flexibility index (Phi) is 4.71. The number of hydrogen-bond acceptors (Lipinski definition) is 5. The first-order valence-electron chi connectivity index (χ1n) is 8.75. The molecule has 1 aliphatic rings. The fourth-order valence-corrected chi connectivity index (χ4v) is 4.21. The van der Waals surface area contributed by atoms with Crippen molar-refractivity contribution < 1.29 is 4.79 Å². The van der Waals surface area contributed by atoms with E-state index in [0.29, 0.717) is 0 Å². The lowest BCUT2D eigenvalue weighted by Gasteiger charge is -2.32. The largest absolute Gasteiger partial charge is 0.348 e. The summed E-state index contributed by atoms with van der Waals surface area (Å²) < 4.78 is 2.92. The van der Waals surface area contributed by atoms with Gasteiger partial charge in [-0.1, -0.05) is 23.5 Å². The number of para-hydroxylation sites is 1. The molecular formula is C19H21N5OS. The maximum Gasteiger partial charge on any atom is 0.244 e. The van der Waals surface area contributed by atoms with Gasteiger partial charge in [0, 0.05) is 44.0 Å². The Hall–Kier alpha value is -2.67. The molecule has 3 heterocycles. The van der Waals surface area contributed by atoms with Gasteiger partial charge in [-0.15, -0.1) is 0 Å². The molecule has 1 atom stereocenters.